The molecule has 1 aromatic heterocycles. The molecule has 0 radical (unpaired) electrons. The van der Waals surface area contributed by atoms with E-state index < -0.39 is 11.9 Å². The second-order valence-corrected chi connectivity index (χ2v) is 5.17. The monoisotopic (exact) mass is 319 g/mol. The van der Waals surface area contributed by atoms with Crippen LogP contribution >= 0.6 is 11.6 Å². The predicted molar refractivity (Wildman–Crippen MR) is 86.9 cm³/mol. The lowest BCUT2D eigenvalue weighted by Gasteiger charge is -2.16. The number of halogens is 1. The average Bonchev–Trinajstić information content (AvgIpc) is 2.52. The SMILES string of the molecule is CC[C@H](Nc1ccc(OCc2ccccn2)c(Cl)c1)C(N)=O. The van der Waals surface area contributed by atoms with E-state index in [1.54, 1.807) is 24.4 Å². The number of nitrogens with zero attached hydrogens (tertiary/aromatic N) is 1. The van der Waals surface area contributed by atoms with Crippen molar-refractivity contribution < 1.29 is 9.53 Å². The molecule has 0 unspecified atom stereocenters. The van der Waals surface area contributed by atoms with Crippen molar-refractivity contribution in [3.8, 4) is 5.75 Å². The number of carbonyl (C=O) groups is 1. The van der Waals surface area contributed by atoms with Crippen molar-refractivity contribution >= 4 is 23.2 Å². The third-order valence-electron chi connectivity index (χ3n) is 3.13. The molecule has 116 valence electrons. The van der Waals surface area contributed by atoms with Crippen molar-refractivity contribution in [2.45, 2.75) is 26.0 Å². The lowest BCUT2D eigenvalue weighted by Crippen LogP contribution is -2.34. The highest BCUT2D eigenvalue weighted by atomic mass is 35.5. The number of rotatable bonds is 7. The van der Waals surface area contributed by atoms with Crippen LogP contribution in [-0.4, -0.2) is 16.9 Å². The summed E-state index contributed by atoms with van der Waals surface area (Å²) >= 11 is 6.20. The highest BCUT2D eigenvalue weighted by Crippen LogP contribution is 2.28. The van der Waals surface area contributed by atoms with Crippen molar-refractivity contribution in [1.82, 2.24) is 4.98 Å². The Morgan fingerprint density at radius 2 is 2.23 bits per heavy atom. The summed E-state index contributed by atoms with van der Waals surface area (Å²) in [6.45, 7) is 2.22. The van der Waals surface area contributed by atoms with Gasteiger partial charge in [-0.3, -0.25) is 9.78 Å². The zero-order chi connectivity index (χ0) is 15.9. The standard InChI is InChI=1S/C16H18ClN3O2/c1-2-14(16(18)21)20-11-6-7-15(13(17)9-11)22-10-12-5-3-4-8-19-12/h3-9,14,20H,2,10H2,1H3,(H2,18,21)/t14-/m0/s1. The number of nitrogens with two attached hydrogens (primary N) is 1. The van der Waals surface area contributed by atoms with Crippen LogP contribution in [0.3, 0.4) is 0 Å². The molecule has 2 rings (SSSR count). The molecule has 0 aliphatic carbocycles. The number of pyridine rings is 1. The molecule has 1 amide bonds. The molecule has 5 nitrogen and oxygen atoms in total. The number of hydrogen-bond acceptors (Lipinski definition) is 4. The van der Waals surface area contributed by atoms with E-state index in [0.717, 1.165) is 11.4 Å². The van der Waals surface area contributed by atoms with Gasteiger partial charge in [0.25, 0.3) is 0 Å². The van der Waals surface area contributed by atoms with E-state index in [2.05, 4.69) is 10.3 Å². The minimum Gasteiger partial charge on any atom is -0.486 e. The van der Waals surface area contributed by atoms with Crippen molar-refractivity contribution in [3.63, 3.8) is 0 Å². The zero-order valence-electron chi connectivity index (χ0n) is 12.3. The first kappa shape index (κ1) is 16.1. The van der Waals surface area contributed by atoms with Crippen molar-refractivity contribution in [2.24, 2.45) is 5.73 Å². The van der Waals surface area contributed by atoms with E-state index in [1.165, 1.54) is 0 Å². The first-order valence-electron chi connectivity index (χ1n) is 6.98. The minimum atomic E-state index is -0.420. The molecule has 1 aromatic carbocycles. The van der Waals surface area contributed by atoms with E-state index >= 15 is 0 Å². The Labute approximate surface area is 134 Å². The summed E-state index contributed by atoms with van der Waals surface area (Å²) in [7, 11) is 0. The summed E-state index contributed by atoms with van der Waals surface area (Å²) in [6, 6.07) is 10.5. The molecular formula is C16H18ClN3O2. The Hall–Kier alpha value is -2.27. The van der Waals surface area contributed by atoms with E-state index in [0.29, 0.717) is 23.8 Å². The van der Waals surface area contributed by atoms with Gasteiger partial charge in [-0.15, -0.1) is 0 Å². The van der Waals surface area contributed by atoms with E-state index in [4.69, 9.17) is 22.1 Å². The maximum absolute atomic E-state index is 11.2. The fourth-order valence-electron chi connectivity index (χ4n) is 1.92. The Morgan fingerprint density at radius 1 is 1.41 bits per heavy atom. The van der Waals surface area contributed by atoms with Gasteiger partial charge in [-0.05, 0) is 36.8 Å². The van der Waals surface area contributed by atoms with Gasteiger partial charge >= 0.3 is 0 Å². The van der Waals surface area contributed by atoms with Crippen LogP contribution in [0.2, 0.25) is 5.02 Å². The quantitative estimate of drug-likeness (QED) is 0.822. The third kappa shape index (κ3) is 4.36. The topological polar surface area (TPSA) is 77.2 Å². The molecule has 0 saturated carbocycles. The van der Waals surface area contributed by atoms with Crippen LogP contribution in [0.4, 0.5) is 5.69 Å². The number of anilines is 1. The number of primary amides is 1. The molecule has 6 heteroatoms. The molecule has 1 heterocycles. The van der Waals surface area contributed by atoms with Gasteiger partial charge in [0.05, 0.1) is 10.7 Å². The molecule has 0 fully saturated rings. The van der Waals surface area contributed by atoms with Crippen molar-refractivity contribution in [2.75, 3.05) is 5.32 Å². The molecular weight excluding hydrogens is 302 g/mol. The van der Waals surface area contributed by atoms with Gasteiger partial charge in [0, 0.05) is 11.9 Å². The van der Waals surface area contributed by atoms with Gasteiger partial charge in [-0.2, -0.15) is 0 Å². The molecule has 2 aromatic rings. The summed E-state index contributed by atoms with van der Waals surface area (Å²) < 4.78 is 5.64. The smallest absolute Gasteiger partial charge is 0.239 e. The molecule has 0 aliphatic rings. The van der Waals surface area contributed by atoms with E-state index in [1.807, 2.05) is 25.1 Å². The van der Waals surface area contributed by atoms with Gasteiger partial charge in [0.1, 0.15) is 18.4 Å². The minimum absolute atomic E-state index is 0.339. The Kier molecular flexibility index (Phi) is 5.61. The second-order valence-electron chi connectivity index (χ2n) is 4.76. The highest BCUT2D eigenvalue weighted by molar-refractivity contribution is 6.32. The van der Waals surface area contributed by atoms with Crippen LogP contribution in [0.15, 0.2) is 42.6 Å². The van der Waals surface area contributed by atoms with Crippen molar-refractivity contribution in [3.05, 3.63) is 53.3 Å². The number of aromatic nitrogens is 1. The lowest BCUT2D eigenvalue weighted by atomic mass is 10.2. The Balaban J connectivity index is 2.01. The normalized spacial score (nSPS) is 11.7. The van der Waals surface area contributed by atoms with Crippen molar-refractivity contribution in [1.29, 1.82) is 0 Å². The van der Waals surface area contributed by atoms with Crippen LogP contribution in [0.1, 0.15) is 19.0 Å². The summed E-state index contributed by atoms with van der Waals surface area (Å²) in [5.74, 6) is 0.166. The van der Waals surface area contributed by atoms with Crippen LogP contribution in [0.5, 0.6) is 5.75 Å². The van der Waals surface area contributed by atoms with Gasteiger partial charge in [0.15, 0.2) is 0 Å². The third-order valence-corrected chi connectivity index (χ3v) is 3.42. The second kappa shape index (κ2) is 7.66. The number of carbonyl (C=O) groups excluding carboxylic acids is 1. The molecule has 0 saturated heterocycles. The predicted octanol–water partition coefficient (Wildman–Crippen LogP) is 2.99. The van der Waals surface area contributed by atoms with E-state index in [-0.39, 0.29) is 0 Å². The Morgan fingerprint density at radius 3 is 2.82 bits per heavy atom. The van der Waals surface area contributed by atoms with Gasteiger partial charge < -0.3 is 15.8 Å². The van der Waals surface area contributed by atoms with Gasteiger partial charge in [0.2, 0.25) is 5.91 Å². The number of amides is 1. The maximum atomic E-state index is 11.2. The highest BCUT2D eigenvalue weighted by Gasteiger charge is 2.13. The lowest BCUT2D eigenvalue weighted by molar-refractivity contribution is -0.118. The summed E-state index contributed by atoms with van der Waals surface area (Å²) in [6.07, 6.45) is 2.31. The number of ether oxygens (including phenoxy) is 1. The molecule has 0 aliphatic heterocycles. The van der Waals surface area contributed by atoms with Crippen LogP contribution in [-0.2, 0) is 11.4 Å². The van der Waals surface area contributed by atoms with E-state index in [9.17, 15) is 4.79 Å². The fourth-order valence-corrected chi connectivity index (χ4v) is 2.15. The van der Waals surface area contributed by atoms with Gasteiger partial charge in [-0.25, -0.2) is 0 Å². The van der Waals surface area contributed by atoms with Gasteiger partial charge in [-0.1, -0.05) is 24.6 Å². The largest absolute Gasteiger partial charge is 0.486 e. The first-order valence-corrected chi connectivity index (χ1v) is 7.36. The zero-order valence-corrected chi connectivity index (χ0v) is 13.0. The molecule has 1 atom stereocenters. The van der Waals surface area contributed by atoms with Crippen LogP contribution in [0.25, 0.3) is 0 Å². The van der Waals surface area contributed by atoms with Crippen LogP contribution in [0, 0.1) is 0 Å². The Bertz CT molecular complexity index is 635. The summed E-state index contributed by atoms with van der Waals surface area (Å²) in [5, 5.41) is 3.50. The average molecular weight is 320 g/mol. The molecule has 22 heavy (non-hydrogen) atoms. The fraction of sp³-hybridized carbons (Fsp3) is 0.250. The first-order chi connectivity index (χ1) is 10.6. The summed E-state index contributed by atoms with van der Waals surface area (Å²) in [4.78, 5) is 15.4. The number of benzene rings is 1. The number of nitrogens with one attached hydrogen (secondary N) is 1. The molecule has 0 spiro atoms. The maximum Gasteiger partial charge on any atom is 0.239 e. The number of hydrogen-bond donors (Lipinski definition) is 2. The molecule has 3 N–H and O–H groups in total. The summed E-state index contributed by atoms with van der Waals surface area (Å²) in [5.41, 5.74) is 6.85. The molecule has 0 bridgehead atoms. The van der Waals surface area contributed by atoms with Crippen LogP contribution < -0.4 is 15.8 Å².